The molecule has 4 rings (SSSR count). The molecule has 1 aliphatic rings. The zero-order valence-electron chi connectivity index (χ0n) is 14.9. The van der Waals surface area contributed by atoms with Crippen LogP contribution in [0.25, 0.3) is 0 Å². The quantitative estimate of drug-likeness (QED) is 0.753. The average molecular weight is 343 g/mol. The zero-order valence-corrected chi connectivity index (χ0v) is 14.9. The van der Waals surface area contributed by atoms with Gasteiger partial charge in [0.15, 0.2) is 5.60 Å². The third-order valence-corrected chi connectivity index (χ3v) is 4.94. The van der Waals surface area contributed by atoms with E-state index >= 15 is 0 Å². The number of benzene rings is 3. The van der Waals surface area contributed by atoms with Gasteiger partial charge in [-0.2, -0.15) is 0 Å². The first-order chi connectivity index (χ1) is 12.5. The molecule has 0 aliphatic carbocycles. The van der Waals surface area contributed by atoms with Crippen LogP contribution in [0.15, 0.2) is 66.7 Å². The molecule has 1 heterocycles. The van der Waals surface area contributed by atoms with Crippen LogP contribution >= 0.6 is 0 Å². The Morgan fingerprint density at radius 2 is 1.58 bits per heavy atom. The Morgan fingerprint density at radius 1 is 0.885 bits per heavy atom. The molecule has 2 N–H and O–H groups in total. The molecule has 130 valence electrons. The van der Waals surface area contributed by atoms with Gasteiger partial charge in [-0.05, 0) is 43.0 Å². The molecule has 3 aromatic carbocycles. The van der Waals surface area contributed by atoms with Gasteiger partial charge < -0.3 is 10.4 Å². The van der Waals surface area contributed by atoms with Crippen molar-refractivity contribution < 1.29 is 9.90 Å². The highest BCUT2D eigenvalue weighted by Crippen LogP contribution is 2.41. The largest absolute Gasteiger partial charge is 0.372 e. The van der Waals surface area contributed by atoms with Crippen LogP contribution in [0.4, 0.5) is 5.69 Å². The molecule has 1 amide bonds. The number of hydrogen-bond donors (Lipinski definition) is 2. The van der Waals surface area contributed by atoms with Crippen LogP contribution in [0.5, 0.6) is 0 Å². The zero-order chi connectivity index (χ0) is 18.3. The van der Waals surface area contributed by atoms with Gasteiger partial charge in [-0.3, -0.25) is 4.79 Å². The summed E-state index contributed by atoms with van der Waals surface area (Å²) in [5.74, 6) is -0.394. The van der Waals surface area contributed by atoms with Crippen LogP contribution in [-0.4, -0.2) is 11.0 Å². The summed E-state index contributed by atoms with van der Waals surface area (Å²) in [5, 5.41) is 14.2. The van der Waals surface area contributed by atoms with Crippen LogP contribution in [0.3, 0.4) is 0 Å². The molecule has 0 aromatic heterocycles. The number of aryl methyl sites for hydroxylation is 2. The van der Waals surface area contributed by atoms with Crippen molar-refractivity contribution in [1.29, 1.82) is 0 Å². The van der Waals surface area contributed by atoms with E-state index in [1.807, 2.05) is 68.4 Å². The molecular weight excluding hydrogens is 322 g/mol. The van der Waals surface area contributed by atoms with Crippen molar-refractivity contribution in [2.45, 2.75) is 25.9 Å². The lowest BCUT2D eigenvalue weighted by molar-refractivity contribution is -0.129. The SMILES string of the molecule is Cc1cc(C)cc(C2(O)C(=O)Nc3cc(Cc4ccccc4)ccc32)c1. The van der Waals surface area contributed by atoms with Crippen LogP contribution in [0.1, 0.15) is 33.4 Å². The van der Waals surface area contributed by atoms with Crippen molar-refractivity contribution in [2.24, 2.45) is 0 Å². The van der Waals surface area contributed by atoms with Gasteiger partial charge in [-0.25, -0.2) is 0 Å². The number of hydrogen-bond acceptors (Lipinski definition) is 2. The lowest BCUT2D eigenvalue weighted by Gasteiger charge is -2.22. The van der Waals surface area contributed by atoms with Crippen molar-refractivity contribution in [1.82, 2.24) is 0 Å². The fourth-order valence-corrected chi connectivity index (χ4v) is 3.76. The fourth-order valence-electron chi connectivity index (χ4n) is 3.76. The summed E-state index contributed by atoms with van der Waals surface area (Å²) >= 11 is 0. The van der Waals surface area contributed by atoms with E-state index < -0.39 is 11.5 Å². The van der Waals surface area contributed by atoms with Crippen molar-refractivity contribution in [2.75, 3.05) is 5.32 Å². The van der Waals surface area contributed by atoms with E-state index in [1.165, 1.54) is 5.56 Å². The monoisotopic (exact) mass is 343 g/mol. The molecular formula is C23H21NO2. The van der Waals surface area contributed by atoms with Crippen molar-refractivity contribution >= 4 is 11.6 Å². The number of aliphatic hydroxyl groups is 1. The van der Waals surface area contributed by atoms with E-state index in [1.54, 1.807) is 0 Å². The number of nitrogens with one attached hydrogen (secondary N) is 1. The highest BCUT2D eigenvalue weighted by atomic mass is 16.3. The second kappa shape index (κ2) is 6.11. The summed E-state index contributed by atoms with van der Waals surface area (Å²) < 4.78 is 0. The molecule has 1 unspecified atom stereocenters. The minimum atomic E-state index is -1.64. The molecule has 0 fully saturated rings. The maximum atomic E-state index is 12.7. The van der Waals surface area contributed by atoms with E-state index in [9.17, 15) is 9.90 Å². The van der Waals surface area contributed by atoms with Crippen molar-refractivity contribution in [3.8, 4) is 0 Å². The molecule has 1 aliphatic heterocycles. The third kappa shape index (κ3) is 2.71. The van der Waals surface area contributed by atoms with E-state index in [4.69, 9.17) is 0 Å². The molecule has 26 heavy (non-hydrogen) atoms. The van der Waals surface area contributed by atoms with E-state index in [2.05, 4.69) is 17.4 Å². The van der Waals surface area contributed by atoms with Crippen LogP contribution in [0, 0.1) is 13.8 Å². The summed E-state index contributed by atoms with van der Waals surface area (Å²) in [6.07, 6.45) is 0.784. The molecule has 0 bridgehead atoms. The van der Waals surface area contributed by atoms with Crippen LogP contribution in [0.2, 0.25) is 0 Å². The number of fused-ring (bicyclic) bond motifs is 1. The van der Waals surface area contributed by atoms with E-state index in [-0.39, 0.29) is 0 Å². The summed E-state index contributed by atoms with van der Waals surface area (Å²) in [7, 11) is 0. The molecule has 3 heteroatoms. The molecule has 0 radical (unpaired) electrons. The normalized spacial score (nSPS) is 18.5. The predicted octanol–water partition coefficient (Wildman–Crippen LogP) is 4.08. The van der Waals surface area contributed by atoms with Crippen molar-refractivity contribution in [3.05, 3.63) is 100 Å². The Hall–Kier alpha value is -2.91. The first-order valence-electron chi connectivity index (χ1n) is 8.77. The fraction of sp³-hybridized carbons (Fsp3) is 0.174. The van der Waals surface area contributed by atoms with E-state index in [0.717, 1.165) is 23.1 Å². The first-order valence-corrected chi connectivity index (χ1v) is 8.77. The minimum Gasteiger partial charge on any atom is -0.372 e. The third-order valence-electron chi connectivity index (χ3n) is 4.94. The second-order valence-corrected chi connectivity index (χ2v) is 7.08. The van der Waals surface area contributed by atoms with Gasteiger partial charge in [0.25, 0.3) is 5.91 Å². The molecule has 3 aromatic rings. The lowest BCUT2D eigenvalue weighted by atomic mass is 9.85. The minimum absolute atomic E-state index is 0.394. The molecule has 0 saturated carbocycles. The van der Waals surface area contributed by atoms with Crippen LogP contribution < -0.4 is 5.32 Å². The van der Waals surface area contributed by atoms with E-state index in [0.29, 0.717) is 16.8 Å². The highest BCUT2D eigenvalue weighted by Gasteiger charge is 2.46. The summed E-state index contributed by atoms with van der Waals surface area (Å²) in [6.45, 7) is 3.94. The Balaban J connectivity index is 1.75. The Morgan fingerprint density at radius 3 is 2.27 bits per heavy atom. The van der Waals surface area contributed by atoms with Gasteiger partial charge in [0.1, 0.15) is 0 Å². The smallest absolute Gasteiger partial charge is 0.265 e. The van der Waals surface area contributed by atoms with Gasteiger partial charge in [-0.1, -0.05) is 71.8 Å². The number of rotatable bonds is 3. The standard InChI is InChI=1S/C23H21NO2/c1-15-10-16(2)12-19(11-15)23(26)20-9-8-18(14-21(20)24-22(23)25)13-17-6-4-3-5-7-17/h3-12,14,26H,13H2,1-2H3,(H,24,25). The molecule has 0 spiro atoms. The molecule has 3 nitrogen and oxygen atoms in total. The predicted molar refractivity (Wildman–Crippen MR) is 103 cm³/mol. The van der Waals surface area contributed by atoms with Gasteiger partial charge in [0.2, 0.25) is 0 Å². The van der Waals surface area contributed by atoms with Gasteiger partial charge in [-0.15, -0.1) is 0 Å². The Kier molecular flexibility index (Phi) is 3.89. The maximum absolute atomic E-state index is 12.7. The Labute approximate surface area is 153 Å². The maximum Gasteiger partial charge on any atom is 0.265 e. The van der Waals surface area contributed by atoms with Gasteiger partial charge >= 0.3 is 0 Å². The van der Waals surface area contributed by atoms with Crippen molar-refractivity contribution in [3.63, 3.8) is 0 Å². The van der Waals surface area contributed by atoms with Crippen LogP contribution in [-0.2, 0) is 16.8 Å². The number of anilines is 1. The summed E-state index contributed by atoms with van der Waals surface area (Å²) in [6, 6.07) is 21.8. The number of carbonyl (C=O) groups is 1. The highest BCUT2D eigenvalue weighted by molar-refractivity contribution is 6.07. The lowest BCUT2D eigenvalue weighted by Crippen LogP contribution is -2.35. The molecule has 1 atom stereocenters. The topological polar surface area (TPSA) is 49.3 Å². The first kappa shape index (κ1) is 16.6. The Bertz CT molecular complexity index is 974. The number of amides is 1. The second-order valence-electron chi connectivity index (χ2n) is 7.08. The number of carbonyl (C=O) groups excluding carboxylic acids is 1. The summed E-state index contributed by atoms with van der Waals surface area (Å²) in [4.78, 5) is 12.7. The molecule has 0 saturated heterocycles. The average Bonchev–Trinajstić information content (AvgIpc) is 2.86. The summed E-state index contributed by atoms with van der Waals surface area (Å²) in [5.41, 5.74) is 4.63. The van der Waals surface area contributed by atoms with Gasteiger partial charge in [0.05, 0.1) is 0 Å². The van der Waals surface area contributed by atoms with Gasteiger partial charge in [0, 0.05) is 11.3 Å².